The summed E-state index contributed by atoms with van der Waals surface area (Å²) in [6, 6.07) is 14.2. The first-order valence-electron chi connectivity index (χ1n) is 7.34. The number of ether oxygens (including phenoxy) is 1. The number of alkyl halides is 1. The van der Waals surface area contributed by atoms with Crippen LogP contribution in [0, 0.1) is 6.92 Å². The standard InChI is InChI=1S/C18H19ClN2O/c1-12-6-4-9-17-20-16(18(13(2)19)21(12)17)11-14-7-5-8-15(10-14)22-3/h4-10,13H,11H2,1-3H3. The van der Waals surface area contributed by atoms with E-state index in [1.165, 1.54) is 5.56 Å². The van der Waals surface area contributed by atoms with Gasteiger partial charge in [0.2, 0.25) is 0 Å². The first-order valence-corrected chi connectivity index (χ1v) is 7.77. The van der Waals surface area contributed by atoms with Crippen molar-refractivity contribution in [2.45, 2.75) is 25.6 Å². The molecule has 1 unspecified atom stereocenters. The number of hydrogen-bond donors (Lipinski definition) is 0. The van der Waals surface area contributed by atoms with Gasteiger partial charge in [-0.15, -0.1) is 11.6 Å². The van der Waals surface area contributed by atoms with E-state index in [-0.39, 0.29) is 5.38 Å². The summed E-state index contributed by atoms with van der Waals surface area (Å²) in [6.07, 6.45) is 0.741. The maximum absolute atomic E-state index is 6.44. The minimum absolute atomic E-state index is 0.100. The van der Waals surface area contributed by atoms with Crippen molar-refractivity contribution in [3.63, 3.8) is 0 Å². The van der Waals surface area contributed by atoms with Gasteiger partial charge >= 0.3 is 0 Å². The summed E-state index contributed by atoms with van der Waals surface area (Å²) < 4.78 is 7.44. The number of aromatic nitrogens is 2. The Morgan fingerprint density at radius 2 is 2.00 bits per heavy atom. The van der Waals surface area contributed by atoms with Crippen LogP contribution in [0.25, 0.3) is 5.65 Å². The molecule has 0 radical (unpaired) electrons. The highest BCUT2D eigenvalue weighted by Gasteiger charge is 2.18. The molecule has 22 heavy (non-hydrogen) atoms. The number of imidazole rings is 1. The van der Waals surface area contributed by atoms with Gasteiger partial charge in [0.1, 0.15) is 11.4 Å². The van der Waals surface area contributed by atoms with E-state index in [4.69, 9.17) is 21.3 Å². The summed E-state index contributed by atoms with van der Waals surface area (Å²) >= 11 is 6.44. The fraction of sp³-hybridized carbons (Fsp3) is 0.278. The van der Waals surface area contributed by atoms with E-state index in [1.807, 2.05) is 37.3 Å². The monoisotopic (exact) mass is 314 g/mol. The Morgan fingerprint density at radius 3 is 2.73 bits per heavy atom. The predicted octanol–water partition coefficient (Wildman–Crippen LogP) is 4.54. The summed E-state index contributed by atoms with van der Waals surface area (Å²) in [5.41, 5.74) is 5.34. The zero-order valence-electron chi connectivity index (χ0n) is 13.0. The van der Waals surface area contributed by atoms with Crippen LogP contribution in [0.4, 0.5) is 0 Å². The SMILES string of the molecule is COc1cccc(Cc2nc3cccc(C)n3c2C(C)Cl)c1. The molecular weight excluding hydrogens is 296 g/mol. The molecule has 0 saturated carbocycles. The lowest BCUT2D eigenvalue weighted by Gasteiger charge is -2.10. The van der Waals surface area contributed by atoms with Gasteiger partial charge in [0.15, 0.2) is 0 Å². The Balaban J connectivity index is 2.10. The van der Waals surface area contributed by atoms with Gasteiger partial charge in [-0.2, -0.15) is 0 Å². The average molecular weight is 315 g/mol. The molecule has 3 aromatic rings. The second-order valence-electron chi connectivity index (χ2n) is 5.45. The highest BCUT2D eigenvalue weighted by molar-refractivity contribution is 6.20. The molecular formula is C18H19ClN2O. The maximum atomic E-state index is 6.44. The normalized spacial score (nSPS) is 12.5. The van der Waals surface area contributed by atoms with Gasteiger partial charge < -0.3 is 4.74 Å². The Morgan fingerprint density at radius 1 is 1.23 bits per heavy atom. The molecule has 0 saturated heterocycles. The van der Waals surface area contributed by atoms with Crippen LogP contribution >= 0.6 is 11.6 Å². The molecule has 0 aliphatic carbocycles. The van der Waals surface area contributed by atoms with Crippen molar-refractivity contribution in [3.8, 4) is 5.75 Å². The van der Waals surface area contributed by atoms with Gasteiger partial charge in [0.25, 0.3) is 0 Å². The van der Waals surface area contributed by atoms with E-state index < -0.39 is 0 Å². The van der Waals surface area contributed by atoms with E-state index in [1.54, 1.807) is 7.11 Å². The Hall–Kier alpha value is -2.00. The van der Waals surface area contributed by atoms with Crippen LogP contribution in [0.5, 0.6) is 5.75 Å². The third-order valence-electron chi connectivity index (χ3n) is 3.83. The number of methoxy groups -OCH3 is 1. The van der Waals surface area contributed by atoms with Crippen molar-refractivity contribution in [3.05, 3.63) is 65.1 Å². The van der Waals surface area contributed by atoms with Crippen LogP contribution in [0.15, 0.2) is 42.5 Å². The van der Waals surface area contributed by atoms with E-state index in [2.05, 4.69) is 23.5 Å². The van der Waals surface area contributed by atoms with Gasteiger partial charge in [-0.05, 0) is 43.7 Å². The van der Waals surface area contributed by atoms with Crippen LogP contribution in [0.3, 0.4) is 0 Å². The molecule has 3 rings (SSSR count). The molecule has 1 atom stereocenters. The van der Waals surface area contributed by atoms with Crippen molar-refractivity contribution in [2.75, 3.05) is 7.11 Å². The zero-order chi connectivity index (χ0) is 15.7. The minimum atomic E-state index is -0.100. The molecule has 4 heteroatoms. The molecule has 0 amide bonds. The number of hydrogen-bond acceptors (Lipinski definition) is 2. The highest BCUT2D eigenvalue weighted by atomic mass is 35.5. The fourth-order valence-corrected chi connectivity index (χ4v) is 3.07. The van der Waals surface area contributed by atoms with Gasteiger partial charge in [-0.3, -0.25) is 4.40 Å². The molecule has 0 spiro atoms. The van der Waals surface area contributed by atoms with Gasteiger partial charge in [0.05, 0.1) is 23.9 Å². The van der Waals surface area contributed by atoms with Gasteiger partial charge in [-0.1, -0.05) is 18.2 Å². The third kappa shape index (κ3) is 2.69. The molecule has 2 heterocycles. The lowest BCUT2D eigenvalue weighted by molar-refractivity contribution is 0.414. The second-order valence-corrected chi connectivity index (χ2v) is 6.10. The lowest BCUT2D eigenvalue weighted by Crippen LogP contribution is -2.01. The maximum Gasteiger partial charge on any atom is 0.137 e. The van der Waals surface area contributed by atoms with E-state index in [0.29, 0.717) is 0 Å². The summed E-state index contributed by atoms with van der Waals surface area (Å²) in [4.78, 5) is 4.78. The number of halogens is 1. The fourth-order valence-electron chi connectivity index (χ4n) is 2.84. The zero-order valence-corrected chi connectivity index (χ0v) is 13.8. The van der Waals surface area contributed by atoms with Crippen molar-refractivity contribution in [2.24, 2.45) is 0 Å². The Labute approximate surface area is 135 Å². The molecule has 3 nitrogen and oxygen atoms in total. The summed E-state index contributed by atoms with van der Waals surface area (Å²) in [7, 11) is 1.68. The van der Waals surface area contributed by atoms with Crippen LogP contribution in [0.1, 0.15) is 34.9 Å². The van der Waals surface area contributed by atoms with Crippen molar-refractivity contribution in [1.29, 1.82) is 0 Å². The number of benzene rings is 1. The van der Waals surface area contributed by atoms with Crippen LogP contribution in [-0.4, -0.2) is 16.5 Å². The van der Waals surface area contributed by atoms with Crippen molar-refractivity contribution in [1.82, 2.24) is 9.38 Å². The molecule has 114 valence electrons. The Bertz CT molecular complexity index is 808. The highest BCUT2D eigenvalue weighted by Crippen LogP contribution is 2.28. The molecule has 0 N–H and O–H groups in total. The van der Waals surface area contributed by atoms with Gasteiger partial charge in [0, 0.05) is 12.1 Å². The molecule has 2 aromatic heterocycles. The van der Waals surface area contributed by atoms with E-state index >= 15 is 0 Å². The smallest absolute Gasteiger partial charge is 0.137 e. The number of nitrogens with zero attached hydrogens (tertiary/aromatic N) is 2. The second kappa shape index (κ2) is 6.01. The van der Waals surface area contributed by atoms with E-state index in [0.717, 1.165) is 34.9 Å². The van der Waals surface area contributed by atoms with Crippen LogP contribution < -0.4 is 4.74 Å². The summed E-state index contributed by atoms with van der Waals surface area (Å²) in [6.45, 7) is 4.07. The van der Waals surface area contributed by atoms with E-state index in [9.17, 15) is 0 Å². The first kappa shape index (κ1) is 14.9. The number of pyridine rings is 1. The number of fused-ring (bicyclic) bond motifs is 1. The first-order chi connectivity index (χ1) is 10.6. The van der Waals surface area contributed by atoms with Crippen LogP contribution in [0.2, 0.25) is 0 Å². The molecule has 0 aliphatic rings. The molecule has 0 fully saturated rings. The van der Waals surface area contributed by atoms with Crippen molar-refractivity contribution >= 4 is 17.2 Å². The Kier molecular flexibility index (Phi) is 4.08. The van der Waals surface area contributed by atoms with Crippen molar-refractivity contribution < 1.29 is 4.74 Å². The quantitative estimate of drug-likeness (QED) is 0.661. The number of rotatable bonds is 4. The molecule has 1 aromatic carbocycles. The number of aryl methyl sites for hydroxylation is 1. The van der Waals surface area contributed by atoms with Gasteiger partial charge in [-0.25, -0.2) is 4.98 Å². The summed E-state index contributed by atoms with van der Waals surface area (Å²) in [5, 5.41) is -0.100. The average Bonchev–Trinajstić information content (AvgIpc) is 2.87. The molecule has 0 aliphatic heterocycles. The minimum Gasteiger partial charge on any atom is -0.497 e. The third-order valence-corrected chi connectivity index (χ3v) is 4.04. The topological polar surface area (TPSA) is 26.5 Å². The lowest BCUT2D eigenvalue weighted by atomic mass is 10.1. The molecule has 0 bridgehead atoms. The van der Waals surface area contributed by atoms with Crippen LogP contribution in [-0.2, 0) is 6.42 Å². The largest absolute Gasteiger partial charge is 0.497 e. The summed E-state index contributed by atoms with van der Waals surface area (Å²) in [5.74, 6) is 0.859. The predicted molar refractivity (Wildman–Crippen MR) is 90.0 cm³/mol.